The number of nitrogens with one attached hydrogen (secondary N) is 2. The molecule has 0 saturated carbocycles. The van der Waals surface area contributed by atoms with E-state index in [0.29, 0.717) is 13.1 Å². The number of unbranched alkanes of at least 4 members (excludes halogenated alkanes) is 2. The van der Waals surface area contributed by atoms with Crippen LogP contribution in [0.3, 0.4) is 0 Å². The Bertz CT molecular complexity index is 33.1. The van der Waals surface area contributed by atoms with Gasteiger partial charge in [0.15, 0.2) is 0 Å². The van der Waals surface area contributed by atoms with Crippen molar-refractivity contribution in [3.63, 3.8) is 0 Å². The van der Waals surface area contributed by atoms with Crippen LogP contribution < -0.4 is 0 Å². The molecule has 0 heterocycles. The van der Waals surface area contributed by atoms with Gasteiger partial charge in [0.2, 0.25) is 0 Å². The van der Waals surface area contributed by atoms with Crippen molar-refractivity contribution < 1.29 is 21.1 Å². The van der Waals surface area contributed by atoms with Crippen LogP contribution in [-0.4, -0.2) is 13.1 Å². The van der Waals surface area contributed by atoms with Gasteiger partial charge >= 0.3 is 21.1 Å². The van der Waals surface area contributed by atoms with Crippen molar-refractivity contribution in [2.75, 3.05) is 13.1 Å². The van der Waals surface area contributed by atoms with Gasteiger partial charge in [-0.3, -0.25) is 0 Å². The van der Waals surface area contributed by atoms with Gasteiger partial charge < -0.3 is 11.5 Å². The maximum atomic E-state index is 6.60. The second kappa shape index (κ2) is 22.4. The minimum absolute atomic E-state index is 0. The molecule has 0 unspecified atom stereocenters. The third kappa shape index (κ3) is 37.0. The van der Waals surface area contributed by atoms with E-state index in [-0.39, 0.29) is 21.1 Å². The summed E-state index contributed by atoms with van der Waals surface area (Å²) in [5, 5.41) is 0. The summed E-state index contributed by atoms with van der Waals surface area (Å²) in [6.07, 6.45) is 4.42. The molecule has 0 aromatic heterocycles. The summed E-state index contributed by atoms with van der Waals surface area (Å²) in [5.41, 5.74) is 13.2. The molecule has 3 heteroatoms. The van der Waals surface area contributed by atoms with Crippen LogP contribution >= 0.6 is 0 Å². The SMILES string of the molecule is CCCC[NH-].CCCC[NH-].[W+2]. The Balaban J connectivity index is -0.000000107. The first-order valence-corrected chi connectivity index (χ1v) is 4.12. The van der Waals surface area contributed by atoms with Gasteiger partial charge in [0, 0.05) is 0 Å². The van der Waals surface area contributed by atoms with Crippen molar-refractivity contribution in [3.8, 4) is 0 Å². The van der Waals surface area contributed by atoms with Crippen LogP contribution in [0.25, 0.3) is 11.5 Å². The Hall–Kier alpha value is 0.608. The van der Waals surface area contributed by atoms with Crippen molar-refractivity contribution in [1.82, 2.24) is 0 Å². The molecule has 2 N–H and O–H groups in total. The average Bonchev–Trinajstić information content (AvgIpc) is 1.93. The molecular weight excluding hydrogens is 308 g/mol. The third-order valence-corrected chi connectivity index (χ3v) is 1.06. The zero-order chi connectivity index (χ0) is 8.24. The standard InChI is InChI=1S/2C4H10N.W/c2*1-2-3-4-5;/h2*5H,2-4H2,1H3;/q2*-1;+2. The minimum atomic E-state index is 0. The monoisotopic (exact) mass is 328 g/mol. The van der Waals surface area contributed by atoms with E-state index < -0.39 is 0 Å². The molecule has 11 heavy (non-hydrogen) atoms. The Morgan fingerprint density at radius 1 is 0.818 bits per heavy atom. The zero-order valence-electron chi connectivity index (χ0n) is 7.65. The van der Waals surface area contributed by atoms with Crippen LogP contribution in [0.2, 0.25) is 0 Å². The van der Waals surface area contributed by atoms with Crippen LogP contribution in [0, 0.1) is 0 Å². The van der Waals surface area contributed by atoms with E-state index in [1.165, 1.54) is 0 Å². The molecule has 2 nitrogen and oxygen atoms in total. The predicted molar refractivity (Wildman–Crippen MR) is 48.2 cm³/mol. The Kier molecular flexibility index (Phi) is 35.9. The Labute approximate surface area is 85.4 Å². The summed E-state index contributed by atoms with van der Waals surface area (Å²) in [6.45, 7) is 5.37. The molecule has 0 atom stereocenters. The fraction of sp³-hybridized carbons (Fsp3) is 1.00. The van der Waals surface area contributed by atoms with Gasteiger partial charge in [-0.15, -0.1) is 0 Å². The van der Waals surface area contributed by atoms with E-state index in [4.69, 9.17) is 11.5 Å². The Morgan fingerprint density at radius 2 is 1.09 bits per heavy atom. The Morgan fingerprint density at radius 3 is 1.09 bits per heavy atom. The summed E-state index contributed by atoms with van der Waals surface area (Å²) in [6, 6.07) is 0. The topological polar surface area (TPSA) is 47.6 Å². The van der Waals surface area contributed by atoms with Gasteiger partial charge in [-0.2, -0.15) is 13.1 Å². The molecule has 0 aromatic carbocycles. The summed E-state index contributed by atoms with van der Waals surface area (Å²) < 4.78 is 0. The van der Waals surface area contributed by atoms with Crippen LogP contribution in [-0.2, 0) is 21.1 Å². The van der Waals surface area contributed by atoms with Gasteiger partial charge in [-0.25, -0.2) is 0 Å². The smallest absolute Gasteiger partial charge is 0.677 e. The normalized spacial score (nSPS) is 7.64. The molecule has 0 aliphatic heterocycles. The molecule has 0 saturated heterocycles. The molecule has 0 radical (unpaired) electrons. The molecule has 0 aliphatic carbocycles. The predicted octanol–water partition coefficient (Wildman–Crippen LogP) is 3.67. The first kappa shape index (κ1) is 17.6. The average molecular weight is 328 g/mol. The van der Waals surface area contributed by atoms with E-state index in [0.717, 1.165) is 25.7 Å². The second-order valence-corrected chi connectivity index (χ2v) is 2.21. The van der Waals surface area contributed by atoms with Crippen LogP contribution in [0.4, 0.5) is 0 Å². The van der Waals surface area contributed by atoms with E-state index in [2.05, 4.69) is 13.8 Å². The van der Waals surface area contributed by atoms with Gasteiger partial charge in [0.1, 0.15) is 0 Å². The minimum Gasteiger partial charge on any atom is -0.677 e. The number of hydrogen-bond donors (Lipinski definition) is 0. The second-order valence-electron chi connectivity index (χ2n) is 2.21. The molecule has 0 aromatic rings. The summed E-state index contributed by atoms with van der Waals surface area (Å²) in [5.74, 6) is 0. The third-order valence-electron chi connectivity index (χ3n) is 1.06. The molecule has 68 valence electrons. The fourth-order valence-corrected chi connectivity index (χ4v) is 0.354. The molecule has 0 spiro atoms. The van der Waals surface area contributed by atoms with Gasteiger partial charge in [0.05, 0.1) is 0 Å². The molecule has 0 fully saturated rings. The molecule has 0 aliphatic rings. The summed E-state index contributed by atoms with van der Waals surface area (Å²) >= 11 is 0. The molecular formula is C8H20N2W. The van der Waals surface area contributed by atoms with Crippen molar-refractivity contribution in [2.24, 2.45) is 0 Å². The van der Waals surface area contributed by atoms with E-state index in [1.54, 1.807) is 0 Å². The summed E-state index contributed by atoms with van der Waals surface area (Å²) in [4.78, 5) is 0. The fourth-order valence-electron chi connectivity index (χ4n) is 0.354. The van der Waals surface area contributed by atoms with Crippen molar-refractivity contribution in [1.29, 1.82) is 0 Å². The first-order chi connectivity index (χ1) is 4.83. The van der Waals surface area contributed by atoms with Crippen molar-refractivity contribution in [2.45, 2.75) is 39.5 Å². The molecule has 0 bridgehead atoms. The number of rotatable bonds is 4. The van der Waals surface area contributed by atoms with Crippen molar-refractivity contribution in [3.05, 3.63) is 11.5 Å². The van der Waals surface area contributed by atoms with Crippen molar-refractivity contribution >= 4 is 0 Å². The summed E-state index contributed by atoms with van der Waals surface area (Å²) in [7, 11) is 0. The maximum absolute atomic E-state index is 6.60. The number of hydrogen-bond acceptors (Lipinski definition) is 0. The van der Waals surface area contributed by atoms with Crippen LogP contribution in [0.15, 0.2) is 0 Å². The van der Waals surface area contributed by atoms with Crippen LogP contribution in [0.5, 0.6) is 0 Å². The van der Waals surface area contributed by atoms with E-state index in [9.17, 15) is 0 Å². The first-order valence-electron chi connectivity index (χ1n) is 4.12. The molecule has 0 amide bonds. The largest absolute Gasteiger partial charge is 2.00 e. The van der Waals surface area contributed by atoms with Gasteiger partial charge in [0.25, 0.3) is 0 Å². The quantitative estimate of drug-likeness (QED) is 0.756. The van der Waals surface area contributed by atoms with Gasteiger partial charge in [-0.1, -0.05) is 39.5 Å². The zero-order valence-corrected chi connectivity index (χ0v) is 10.6. The van der Waals surface area contributed by atoms with E-state index >= 15 is 0 Å². The molecule has 0 rings (SSSR count). The maximum Gasteiger partial charge on any atom is 2.00 e. The van der Waals surface area contributed by atoms with Crippen LogP contribution in [0.1, 0.15) is 39.5 Å². The van der Waals surface area contributed by atoms with Gasteiger partial charge in [-0.05, 0) is 0 Å². The van der Waals surface area contributed by atoms with E-state index in [1.807, 2.05) is 0 Å².